The summed E-state index contributed by atoms with van der Waals surface area (Å²) in [4.78, 5) is 0. The van der Waals surface area contributed by atoms with Crippen LogP contribution in [0.25, 0.3) is 0 Å². The minimum absolute atomic E-state index is 0.593. The van der Waals surface area contributed by atoms with Crippen LogP contribution in [-0.2, 0) is 0 Å². The summed E-state index contributed by atoms with van der Waals surface area (Å²) in [5.41, 5.74) is 0. The molecule has 0 radical (unpaired) electrons. The lowest BCUT2D eigenvalue weighted by atomic mass is 10.2. The molecule has 0 aliphatic carbocycles. The van der Waals surface area contributed by atoms with Crippen LogP contribution in [0.15, 0.2) is 11.4 Å². The number of unbranched alkanes of at least 4 members (excludes halogenated alkanes) is 2. The molecule has 3 heteroatoms. The molecule has 0 unspecified atom stereocenters. The third-order valence-electron chi connectivity index (χ3n) is 0.886. The molecule has 0 bridgehead atoms. The van der Waals surface area contributed by atoms with Crippen molar-refractivity contribution in [2.75, 3.05) is 5.33 Å². The Kier molecular flexibility index (Phi) is 6.88. The van der Waals surface area contributed by atoms with Gasteiger partial charge in [0.1, 0.15) is 0 Å². The lowest BCUT2D eigenvalue weighted by Gasteiger charge is -1.88. The van der Waals surface area contributed by atoms with Crippen molar-refractivity contribution in [3.8, 4) is 0 Å². The summed E-state index contributed by atoms with van der Waals surface area (Å²) in [5, 5.41) is 0.384. The van der Waals surface area contributed by atoms with Gasteiger partial charge >= 0.3 is 0 Å². The predicted molar refractivity (Wildman–Crippen MR) is 42.7 cm³/mol. The van der Waals surface area contributed by atoms with Gasteiger partial charge in [-0.1, -0.05) is 27.5 Å². The second kappa shape index (κ2) is 6.56. The van der Waals surface area contributed by atoms with Crippen LogP contribution in [0.4, 0.5) is 4.39 Å². The van der Waals surface area contributed by atoms with Gasteiger partial charge in [-0.15, -0.1) is 0 Å². The molecule has 0 N–H and O–H groups in total. The van der Waals surface area contributed by atoms with E-state index in [1.54, 1.807) is 0 Å². The van der Waals surface area contributed by atoms with Gasteiger partial charge in [-0.3, -0.25) is 0 Å². The molecule has 0 aromatic carbocycles. The van der Waals surface area contributed by atoms with Gasteiger partial charge in [0.2, 0.25) is 0 Å². The number of halogens is 3. The molecule has 0 saturated carbocycles. The molecule has 54 valence electrons. The Morgan fingerprint density at radius 3 is 2.67 bits per heavy atom. The first-order chi connectivity index (χ1) is 4.27. The second-order valence-corrected chi connectivity index (χ2v) is 2.83. The highest BCUT2D eigenvalue weighted by atomic mass is 79.9. The van der Waals surface area contributed by atoms with Gasteiger partial charge in [0.05, 0.1) is 0 Å². The predicted octanol–water partition coefficient (Wildman–Crippen LogP) is 3.60. The number of alkyl halides is 1. The summed E-state index contributed by atoms with van der Waals surface area (Å²) in [6.07, 6.45) is 4.19. The largest absolute Gasteiger partial charge is 0.194 e. The molecule has 0 spiro atoms. The molecular weight excluding hydrogens is 206 g/mol. The summed E-state index contributed by atoms with van der Waals surface area (Å²) in [6, 6.07) is 0. The van der Waals surface area contributed by atoms with Crippen molar-refractivity contribution in [3.05, 3.63) is 11.4 Å². The minimum atomic E-state index is -0.593. The first kappa shape index (κ1) is 9.44. The van der Waals surface area contributed by atoms with E-state index < -0.39 is 5.29 Å². The van der Waals surface area contributed by atoms with Crippen molar-refractivity contribution in [3.63, 3.8) is 0 Å². The molecule has 0 aromatic rings. The fraction of sp³-hybridized carbons (Fsp3) is 0.667. The van der Waals surface area contributed by atoms with Crippen molar-refractivity contribution >= 4 is 27.5 Å². The van der Waals surface area contributed by atoms with Gasteiger partial charge in [-0.05, 0) is 25.3 Å². The highest BCUT2D eigenvalue weighted by molar-refractivity contribution is 9.09. The summed E-state index contributed by atoms with van der Waals surface area (Å²) in [7, 11) is 0. The normalized spacial score (nSPS) is 12.1. The Labute approximate surface area is 68.2 Å². The van der Waals surface area contributed by atoms with E-state index in [9.17, 15) is 4.39 Å². The van der Waals surface area contributed by atoms with Crippen LogP contribution in [-0.4, -0.2) is 5.33 Å². The summed E-state index contributed by atoms with van der Waals surface area (Å²) in [5.74, 6) is 0. The smallest absolute Gasteiger partial charge is 0.185 e. The van der Waals surface area contributed by atoms with Crippen molar-refractivity contribution < 1.29 is 4.39 Å². The third-order valence-corrected chi connectivity index (χ3v) is 1.60. The molecular formula is C6H9BrClF. The zero-order valence-corrected chi connectivity index (χ0v) is 7.38. The lowest BCUT2D eigenvalue weighted by Crippen LogP contribution is -1.73. The van der Waals surface area contributed by atoms with E-state index in [0.29, 0.717) is 0 Å². The second-order valence-electron chi connectivity index (χ2n) is 1.68. The van der Waals surface area contributed by atoms with E-state index in [4.69, 9.17) is 11.6 Å². The Morgan fingerprint density at radius 1 is 1.56 bits per heavy atom. The Morgan fingerprint density at radius 2 is 2.22 bits per heavy atom. The Balaban J connectivity index is 3.00. The molecule has 0 aliphatic heterocycles. The first-order valence-electron chi connectivity index (χ1n) is 2.84. The maximum Gasteiger partial charge on any atom is 0.185 e. The maximum atomic E-state index is 11.7. The molecule has 0 amide bonds. The first-order valence-corrected chi connectivity index (χ1v) is 4.34. The van der Waals surface area contributed by atoms with E-state index in [2.05, 4.69) is 15.9 Å². The number of hydrogen-bond acceptors (Lipinski definition) is 0. The van der Waals surface area contributed by atoms with Crippen molar-refractivity contribution in [1.82, 2.24) is 0 Å². The maximum absolute atomic E-state index is 11.7. The van der Waals surface area contributed by atoms with E-state index in [0.717, 1.165) is 24.6 Å². The van der Waals surface area contributed by atoms with Gasteiger partial charge in [-0.25, -0.2) is 0 Å². The summed E-state index contributed by atoms with van der Waals surface area (Å²) < 4.78 is 11.7. The average molecular weight is 215 g/mol. The number of rotatable bonds is 4. The highest BCUT2D eigenvalue weighted by Crippen LogP contribution is 2.06. The van der Waals surface area contributed by atoms with Crippen LogP contribution in [0.2, 0.25) is 0 Å². The minimum Gasteiger partial charge on any atom is -0.194 e. The van der Waals surface area contributed by atoms with Crippen molar-refractivity contribution in [2.24, 2.45) is 0 Å². The summed E-state index contributed by atoms with van der Waals surface area (Å²) in [6.45, 7) is 0. The molecule has 0 rings (SSSR count). The van der Waals surface area contributed by atoms with Gasteiger partial charge in [0.25, 0.3) is 0 Å². The quantitative estimate of drug-likeness (QED) is 0.496. The van der Waals surface area contributed by atoms with Crippen molar-refractivity contribution in [1.29, 1.82) is 0 Å². The average Bonchev–Trinajstić information content (AvgIpc) is 1.80. The van der Waals surface area contributed by atoms with E-state index in [-0.39, 0.29) is 0 Å². The van der Waals surface area contributed by atoms with Gasteiger partial charge in [0, 0.05) is 5.33 Å². The van der Waals surface area contributed by atoms with Gasteiger partial charge in [0.15, 0.2) is 5.29 Å². The molecule has 0 atom stereocenters. The molecule has 0 fully saturated rings. The van der Waals surface area contributed by atoms with Gasteiger partial charge in [-0.2, -0.15) is 4.39 Å². The number of hydrogen-bond donors (Lipinski definition) is 0. The fourth-order valence-corrected chi connectivity index (χ4v) is 0.956. The van der Waals surface area contributed by atoms with Crippen LogP contribution >= 0.6 is 27.5 Å². The third kappa shape index (κ3) is 8.44. The Bertz CT molecular complexity index is 89.1. The zero-order valence-electron chi connectivity index (χ0n) is 5.04. The molecule has 9 heavy (non-hydrogen) atoms. The molecule has 0 aromatic heterocycles. The molecule has 0 aliphatic rings. The van der Waals surface area contributed by atoms with Crippen LogP contribution in [0, 0.1) is 0 Å². The van der Waals surface area contributed by atoms with Crippen molar-refractivity contribution in [2.45, 2.75) is 19.3 Å². The van der Waals surface area contributed by atoms with E-state index in [1.807, 2.05) is 0 Å². The monoisotopic (exact) mass is 214 g/mol. The zero-order chi connectivity index (χ0) is 7.11. The van der Waals surface area contributed by atoms with Crippen LogP contribution in [0.1, 0.15) is 19.3 Å². The summed E-state index contributed by atoms with van der Waals surface area (Å²) >= 11 is 8.21. The SMILES string of the molecule is F/C(Cl)=C/CCCCBr. The standard InChI is InChI=1S/C6H9BrClF/c7-5-3-1-2-4-6(8)9/h4H,1-3,5H2/b6-4+. The topological polar surface area (TPSA) is 0 Å². The van der Waals surface area contributed by atoms with Crippen LogP contribution in [0.3, 0.4) is 0 Å². The fourth-order valence-electron chi connectivity index (χ4n) is 0.450. The lowest BCUT2D eigenvalue weighted by molar-refractivity contribution is 0.682. The van der Waals surface area contributed by atoms with Crippen LogP contribution in [0.5, 0.6) is 0 Å². The molecule has 0 saturated heterocycles. The van der Waals surface area contributed by atoms with E-state index in [1.165, 1.54) is 6.08 Å². The highest BCUT2D eigenvalue weighted by Gasteiger charge is 1.85. The molecule has 0 nitrogen and oxygen atoms in total. The van der Waals surface area contributed by atoms with Gasteiger partial charge < -0.3 is 0 Å². The van der Waals surface area contributed by atoms with E-state index >= 15 is 0 Å². The molecule has 0 heterocycles. The Hall–Kier alpha value is 0.440. The van der Waals surface area contributed by atoms with Crippen LogP contribution < -0.4 is 0 Å². The number of allylic oxidation sites excluding steroid dienone is 1.